The van der Waals surface area contributed by atoms with E-state index in [0.29, 0.717) is 5.70 Å². The summed E-state index contributed by atoms with van der Waals surface area (Å²) in [5.74, 6) is 0. The Morgan fingerprint density at radius 2 is 2.44 bits per heavy atom. The first kappa shape index (κ1) is 8.03. The molecule has 0 atom stereocenters. The summed E-state index contributed by atoms with van der Waals surface area (Å²) >= 11 is 0. The van der Waals surface area contributed by atoms with Gasteiger partial charge >= 0.3 is 0 Å². The van der Waals surface area contributed by atoms with Crippen LogP contribution in [-0.4, -0.2) is 6.54 Å². The van der Waals surface area contributed by atoms with E-state index in [9.17, 15) is 0 Å². The highest BCUT2D eigenvalue weighted by atomic mass is 14.9. The molecule has 0 unspecified atom stereocenters. The Labute approximate surface area is 56.2 Å². The average Bonchev–Trinajstić information content (AvgIpc) is 1.89. The zero-order chi connectivity index (χ0) is 7.11. The maximum absolute atomic E-state index is 8.22. The predicted molar refractivity (Wildman–Crippen MR) is 37.7 cm³/mol. The molecule has 9 heavy (non-hydrogen) atoms. The number of nitrogens with one attached hydrogen (secondary N) is 1. The van der Waals surface area contributed by atoms with Crippen molar-refractivity contribution in [3.63, 3.8) is 0 Å². The minimum absolute atomic E-state index is 0.462. The summed E-state index contributed by atoms with van der Waals surface area (Å²) in [5.41, 5.74) is 0.462. The molecule has 0 amide bonds. The third-order valence-corrected chi connectivity index (χ3v) is 1.00. The summed E-state index contributed by atoms with van der Waals surface area (Å²) in [5, 5.41) is 11.1. The molecule has 0 aliphatic rings. The molecule has 0 saturated carbocycles. The number of hydrogen-bond donors (Lipinski definition) is 1. The fourth-order valence-corrected chi connectivity index (χ4v) is 0.456. The Hall–Kier alpha value is -0.970. The van der Waals surface area contributed by atoms with E-state index >= 15 is 0 Å². The lowest BCUT2D eigenvalue weighted by atomic mass is 10.3. The van der Waals surface area contributed by atoms with Gasteiger partial charge < -0.3 is 5.32 Å². The van der Waals surface area contributed by atoms with Crippen molar-refractivity contribution in [1.29, 1.82) is 5.26 Å². The van der Waals surface area contributed by atoms with Gasteiger partial charge in [-0.3, -0.25) is 0 Å². The molecule has 2 nitrogen and oxygen atoms in total. The Balaban J connectivity index is 3.10. The summed E-state index contributed by atoms with van der Waals surface area (Å²) in [6, 6.07) is 1.92. The van der Waals surface area contributed by atoms with Crippen molar-refractivity contribution >= 4 is 0 Å². The van der Waals surface area contributed by atoms with Crippen LogP contribution < -0.4 is 5.32 Å². The zero-order valence-corrected chi connectivity index (χ0v) is 5.78. The number of allylic oxidation sites excluding steroid dienone is 1. The van der Waals surface area contributed by atoms with Gasteiger partial charge in [0.2, 0.25) is 0 Å². The van der Waals surface area contributed by atoms with Crippen molar-refractivity contribution in [2.75, 3.05) is 6.54 Å². The van der Waals surface area contributed by atoms with E-state index in [4.69, 9.17) is 5.26 Å². The molecule has 0 radical (unpaired) electrons. The molecule has 0 aliphatic heterocycles. The molecule has 2 heteroatoms. The summed E-state index contributed by atoms with van der Waals surface area (Å²) in [6.07, 6.45) is 2.24. The van der Waals surface area contributed by atoms with Crippen LogP contribution in [0, 0.1) is 11.3 Å². The van der Waals surface area contributed by atoms with Crippen LogP contribution in [0.1, 0.15) is 19.8 Å². The topological polar surface area (TPSA) is 35.8 Å². The van der Waals surface area contributed by atoms with Gasteiger partial charge in [-0.2, -0.15) is 5.26 Å². The molecule has 0 fully saturated rings. The first-order valence-corrected chi connectivity index (χ1v) is 3.14. The van der Waals surface area contributed by atoms with Gasteiger partial charge in [0.05, 0.1) is 0 Å². The van der Waals surface area contributed by atoms with Crippen LogP contribution in [0.15, 0.2) is 12.3 Å². The van der Waals surface area contributed by atoms with Gasteiger partial charge in [0.1, 0.15) is 11.8 Å². The average molecular weight is 124 g/mol. The van der Waals surface area contributed by atoms with Crippen LogP contribution in [-0.2, 0) is 0 Å². The Morgan fingerprint density at radius 1 is 1.78 bits per heavy atom. The third kappa shape index (κ3) is 4.89. The second-order valence-corrected chi connectivity index (χ2v) is 1.87. The number of nitrogens with zero attached hydrogens (tertiary/aromatic N) is 1. The van der Waals surface area contributed by atoms with Gasteiger partial charge in [-0.05, 0) is 6.42 Å². The van der Waals surface area contributed by atoms with Crippen molar-refractivity contribution < 1.29 is 0 Å². The minimum atomic E-state index is 0.462. The van der Waals surface area contributed by atoms with Crippen molar-refractivity contribution in [2.45, 2.75) is 19.8 Å². The zero-order valence-electron chi connectivity index (χ0n) is 5.78. The normalized spacial score (nSPS) is 8.00. The SMILES string of the molecule is C=C(C#N)NCCCC. The number of hydrogen-bond acceptors (Lipinski definition) is 2. The second-order valence-electron chi connectivity index (χ2n) is 1.87. The van der Waals surface area contributed by atoms with E-state index in [0.717, 1.165) is 19.4 Å². The van der Waals surface area contributed by atoms with Gasteiger partial charge in [-0.15, -0.1) is 0 Å². The Bertz CT molecular complexity index is 121. The van der Waals surface area contributed by atoms with E-state index < -0.39 is 0 Å². The minimum Gasteiger partial charge on any atom is -0.377 e. The van der Waals surface area contributed by atoms with Crippen LogP contribution in [0.3, 0.4) is 0 Å². The summed E-state index contributed by atoms with van der Waals surface area (Å²) in [7, 11) is 0. The standard InChI is InChI=1S/C7H12N2/c1-3-4-5-9-7(2)6-8/h9H,2-5H2,1H3. The predicted octanol–water partition coefficient (Wildman–Crippen LogP) is 1.41. The lowest BCUT2D eigenvalue weighted by molar-refractivity contribution is 0.723. The van der Waals surface area contributed by atoms with Crippen LogP contribution >= 0.6 is 0 Å². The maximum Gasteiger partial charge on any atom is 0.116 e. The van der Waals surface area contributed by atoms with Gasteiger partial charge in [-0.25, -0.2) is 0 Å². The fraction of sp³-hybridized carbons (Fsp3) is 0.571. The number of unbranched alkanes of at least 4 members (excludes halogenated alkanes) is 1. The molecule has 1 N–H and O–H groups in total. The molecular weight excluding hydrogens is 112 g/mol. The van der Waals surface area contributed by atoms with Gasteiger partial charge in [0, 0.05) is 6.54 Å². The van der Waals surface area contributed by atoms with Crippen molar-refractivity contribution in [2.24, 2.45) is 0 Å². The molecule has 50 valence electrons. The van der Waals surface area contributed by atoms with Gasteiger partial charge in [0.25, 0.3) is 0 Å². The van der Waals surface area contributed by atoms with E-state index in [1.807, 2.05) is 6.07 Å². The summed E-state index contributed by atoms with van der Waals surface area (Å²) in [6.45, 7) is 6.44. The van der Waals surface area contributed by atoms with Crippen molar-refractivity contribution in [3.05, 3.63) is 12.3 Å². The van der Waals surface area contributed by atoms with Crippen molar-refractivity contribution in [1.82, 2.24) is 5.32 Å². The first-order valence-electron chi connectivity index (χ1n) is 3.14. The molecule has 0 saturated heterocycles. The molecular formula is C7H12N2. The Morgan fingerprint density at radius 3 is 2.89 bits per heavy atom. The molecule has 0 aromatic carbocycles. The lowest BCUT2D eigenvalue weighted by Crippen LogP contribution is -2.11. The first-order chi connectivity index (χ1) is 4.31. The van der Waals surface area contributed by atoms with E-state index in [1.54, 1.807) is 0 Å². The van der Waals surface area contributed by atoms with Gasteiger partial charge in [-0.1, -0.05) is 19.9 Å². The smallest absolute Gasteiger partial charge is 0.116 e. The van der Waals surface area contributed by atoms with E-state index in [-0.39, 0.29) is 0 Å². The highest BCUT2D eigenvalue weighted by Gasteiger charge is 1.85. The van der Waals surface area contributed by atoms with Crippen LogP contribution in [0.25, 0.3) is 0 Å². The van der Waals surface area contributed by atoms with Crippen molar-refractivity contribution in [3.8, 4) is 6.07 Å². The van der Waals surface area contributed by atoms with Crippen LogP contribution in [0.4, 0.5) is 0 Å². The highest BCUT2D eigenvalue weighted by Crippen LogP contribution is 1.85. The largest absolute Gasteiger partial charge is 0.377 e. The van der Waals surface area contributed by atoms with Crippen LogP contribution in [0.5, 0.6) is 0 Å². The summed E-state index contributed by atoms with van der Waals surface area (Å²) < 4.78 is 0. The van der Waals surface area contributed by atoms with E-state index in [2.05, 4.69) is 18.8 Å². The quantitative estimate of drug-likeness (QED) is 0.454. The molecule has 0 heterocycles. The number of nitriles is 1. The molecule has 0 rings (SSSR count). The van der Waals surface area contributed by atoms with Gasteiger partial charge in [0.15, 0.2) is 0 Å². The second kappa shape index (κ2) is 5.17. The highest BCUT2D eigenvalue weighted by molar-refractivity contribution is 5.12. The molecule has 0 bridgehead atoms. The van der Waals surface area contributed by atoms with Crippen LogP contribution in [0.2, 0.25) is 0 Å². The summed E-state index contributed by atoms with van der Waals surface area (Å²) in [4.78, 5) is 0. The molecule has 0 aliphatic carbocycles. The number of rotatable bonds is 4. The maximum atomic E-state index is 8.22. The molecule has 0 aromatic rings. The lowest BCUT2D eigenvalue weighted by Gasteiger charge is -1.98. The monoisotopic (exact) mass is 124 g/mol. The molecule has 0 spiro atoms. The molecule has 0 aromatic heterocycles. The van der Waals surface area contributed by atoms with E-state index in [1.165, 1.54) is 0 Å². The Kier molecular flexibility index (Phi) is 4.61. The fourth-order valence-electron chi connectivity index (χ4n) is 0.456. The third-order valence-electron chi connectivity index (χ3n) is 1.00.